The number of rotatable bonds is 51. The molecule has 0 fully saturated rings. The van der Waals surface area contributed by atoms with Gasteiger partial charge in [0.2, 0.25) is 41.4 Å². The Kier molecular flexibility index (Phi) is 42.0. The van der Waals surface area contributed by atoms with Gasteiger partial charge in [-0.25, -0.2) is 4.79 Å². The normalized spacial score (nSPS) is 13.3. The molecule has 0 aliphatic heterocycles. The standard InChI is InChI=1S/C58H97N11O19S/c1-38-40(19-20-45(72)62-23-27-85-29-31-86-30-28-84-24-12-10-8-6-5-7-9-11-13-32-89)51(78)39(2)50(52(38)79)58(3,4)34-49(77)87-25-16-26-88-57(83)64-22-15-18-44(71)65-35-46(73)67-41(17-14-21-63-56(60)61)54(81)66-36-47(74)68-42(33-48(75)76)55(82)69-43(37-70)53(59)80/h41-43,70,89H,5-37H2,1-4H3,(H2,59,80)(H,62,72)(H,64,83)(H,65,71)(H,66,81)(H,67,73)(H,68,74)(H,69,82)(H,75,76)(H4,60,61,63). The first-order valence-corrected chi connectivity index (χ1v) is 30.8. The first-order chi connectivity index (χ1) is 42.3. The number of hydrogen-bond donors (Lipinski definition) is 13. The van der Waals surface area contributed by atoms with Gasteiger partial charge in [-0.2, -0.15) is 12.6 Å². The van der Waals surface area contributed by atoms with Crippen LogP contribution in [0, 0.1) is 5.41 Å². The highest BCUT2D eigenvalue weighted by atomic mass is 32.1. The summed E-state index contributed by atoms with van der Waals surface area (Å²) < 4.78 is 27.2. The van der Waals surface area contributed by atoms with Gasteiger partial charge in [0.15, 0.2) is 17.5 Å². The van der Waals surface area contributed by atoms with Gasteiger partial charge in [-0.15, -0.1) is 0 Å². The lowest BCUT2D eigenvalue weighted by atomic mass is 9.70. The molecule has 3 unspecified atom stereocenters. The number of hydrogen-bond acceptors (Lipinski definition) is 20. The summed E-state index contributed by atoms with van der Waals surface area (Å²) in [4.78, 5) is 155. The lowest BCUT2D eigenvalue weighted by Gasteiger charge is -2.31. The molecule has 0 saturated heterocycles. The third-order valence-corrected chi connectivity index (χ3v) is 13.9. The smallest absolute Gasteiger partial charge is 0.407 e. The fraction of sp³-hybridized carbons (Fsp3) is 0.707. The summed E-state index contributed by atoms with van der Waals surface area (Å²) in [6.45, 7) is 6.85. The van der Waals surface area contributed by atoms with E-state index in [1.54, 1.807) is 13.8 Å². The van der Waals surface area contributed by atoms with Crippen LogP contribution in [-0.2, 0) is 76.4 Å². The number of carboxylic acid groups (broad SMARTS) is 1. The number of esters is 1. The quantitative estimate of drug-likeness (QED) is 0.00929. The molecule has 89 heavy (non-hydrogen) atoms. The van der Waals surface area contributed by atoms with Crippen LogP contribution in [0.4, 0.5) is 4.79 Å². The maximum absolute atomic E-state index is 13.7. The number of guanidine groups is 1. The minimum Gasteiger partial charge on any atom is -0.481 e. The maximum Gasteiger partial charge on any atom is 0.407 e. The SMILES string of the molecule is CC1=C(CCC(=O)NCCOCCOCCOCCCCCCCCCCCS)C(=O)C(C)=C(C(C)(C)CC(=O)OCCCOC(=O)NCCCC(=O)NCC(=O)NC(CCCN=C(N)N)C(=O)NCC(=O)NC(CC(=O)O)C(=O)NC(CO)C(N)=O)C1=O. The van der Waals surface area contributed by atoms with Crippen LogP contribution in [-0.4, -0.2) is 203 Å². The second kappa shape index (κ2) is 46.8. The lowest BCUT2D eigenvalue weighted by molar-refractivity contribution is -0.146. The Balaban J connectivity index is 2.40. The molecule has 1 aliphatic rings. The summed E-state index contributed by atoms with van der Waals surface area (Å²) in [5.74, 6) is -8.13. The van der Waals surface area contributed by atoms with E-state index in [1.807, 2.05) is 5.32 Å². The Bertz CT molecular complexity index is 2420. The molecular formula is C58H97N11O19S. The molecule has 0 spiro atoms. The number of carbonyl (C=O) groups is 12. The number of thiol groups is 1. The average molecular weight is 1280 g/mol. The Morgan fingerprint density at radius 1 is 0.573 bits per heavy atom. The zero-order valence-electron chi connectivity index (χ0n) is 52.0. The lowest BCUT2D eigenvalue weighted by Crippen LogP contribution is -2.56. The number of primary amides is 1. The van der Waals surface area contributed by atoms with Crippen molar-refractivity contribution in [3.05, 3.63) is 22.3 Å². The summed E-state index contributed by atoms with van der Waals surface area (Å²) in [6, 6.07) is -4.61. The number of carboxylic acids is 1. The fourth-order valence-corrected chi connectivity index (χ4v) is 9.11. The van der Waals surface area contributed by atoms with Crippen LogP contribution in [0.2, 0.25) is 0 Å². The number of ketones is 2. The summed E-state index contributed by atoms with van der Waals surface area (Å²) in [5, 5.41) is 34.8. The van der Waals surface area contributed by atoms with E-state index in [-0.39, 0.29) is 131 Å². The summed E-state index contributed by atoms with van der Waals surface area (Å²) >= 11 is 4.25. The summed E-state index contributed by atoms with van der Waals surface area (Å²) in [5.41, 5.74) is 15.5. The molecule has 0 radical (unpaired) electrons. The predicted molar refractivity (Wildman–Crippen MR) is 328 cm³/mol. The largest absolute Gasteiger partial charge is 0.481 e. The number of alkyl carbamates (subject to hydrolysis) is 1. The number of nitrogens with one attached hydrogen (secondary N) is 7. The topological polar surface area (TPSA) is 466 Å². The van der Waals surface area contributed by atoms with Crippen molar-refractivity contribution in [3.63, 3.8) is 0 Å². The third kappa shape index (κ3) is 36.8. The number of ether oxygens (including phenoxy) is 5. The van der Waals surface area contributed by atoms with E-state index in [2.05, 4.69) is 49.5 Å². The van der Waals surface area contributed by atoms with Crippen LogP contribution in [0.25, 0.3) is 0 Å². The van der Waals surface area contributed by atoms with Crippen molar-refractivity contribution >= 4 is 89.5 Å². The zero-order valence-corrected chi connectivity index (χ0v) is 52.9. The van der Waals surface area contributed by atoms with Crippen LogP contribution >= 0.6 is 12.6 Å². The number of allylic oxidation sites excluding steroid dienone is 4. The van der Waals surface area contributed by atoms with Crippen molar-refractivity contribution < 1.29 is 91.4 Å². The highest BCUT2D eigenvalue weighted by Gasteiger charge is 2.40. The van der Waals surface area contributed by atoms with E-state index >= 15 is 0 Å². The number of carbonyl (C=O) groups excluding carboxylic acids is 11. The summed E-state index contributed by atoms with van der Waals surface area (Å²) in [7, 11) is 0. The number of aliphatic hydroxyl groups excluding tert-OH is 1. The first-order valence-electron chi connectivity index (χ1n) is 30.1. The van der Waals surface area contributed by atoms with Crippen molar-refractivity contribution in [2.45, 2.75) is 161 Å². The molecule has 8 amide bonds. The van der Waals surface area contributed by atoms with E-state index in [0.29, 0.717) is 26.4 Å². The van der Waals surface area contributed by atoms with Gasteiger partial charge in [0, 0.05) is 73.2 Å². The van der Waals surface area contributed by atoms with E-state index in [4.69, 9.17) is 40.9 Å². The Morgan fingerprint density at radius 2 is 1.15 bits per heavy atom. The zero-order chi connectivity index (χ0) is 66.6. The average Bonchev–Trinajstić information content (AvgIpc) is 0.842. The van der Waals surface area contributed by atoms with Gasteiger partial charge >= 0.3 is 18.0 Å². The molecule has 504 valence electrons. The molecule has 0 bridgehead atoms. The Hall–Kier alpha value is -7.22. The van der Waals surface area contributed by atoms with Crippen LogP contribution in [0.3, 0.4) is 0 Å². The van der Waals surface area contributed by atoms with E-state index in [1.165, 1.54) is 65.2 Å². The molecule has 1 aliphatic carbocycles. The fourth-order valence-electron chi connectivity index (χ4n) is 8.89. The molecule has 0 heterocycles. The molecule has 0 aromatic heterocycles. The number of aliphatic imine (C=N–C) groups is 1. The first kappa shape index (κ1) is 79.8. The van der Waals surface area contributed by atoms with Gasteiger partial charge in [0.05, 0.1) is 78.8 Å². The number of nitrogens with zero attached hydrogens (tertiary/aromatic N) is 1. The third-order valence-electron chi connectivity index (χ3n) is 13.6. The summed E-state index contributed by atoms with van der Waals surface area (Å²) in [6.07, 6.45) is 9.34. The van der Waals surface area contributed by atoms with Gasteiger partial charge in [-0.3, -0.25) is 57.7 Å². The molecule has 3 atom stereocenters. The van der Waals surface area contributed by atoms with Crippen LogP contribution < -0.4 is 54.4 Å². The van der Waals surface area contributed by atoms with Crippen molar-refractivity contribution in [3.8, 4) is 0 Å². The van der Waals surface area contributed by atoms with Gasteiger partial charge in [0.1, 0.15) is 18.1 Å². The highest BCUT2D eigenvalue weighted by molar-refractivity contribution is 7.80. The monoisotopic (exact) mass is 1280 g/mol. The predicted octanol–water partition coefficient (Wildman–Crippen LogP) is -0.293. The number of nitrogens with two attached hydrogens (primary N) is 3. The van der Waals surface area contributed by atoms with Crippen molar-refractivity contribution in [2.24, 2.45) is 27.6 Å². The van der Waals surface area contributed by atoms with Gasteiger partial charge in [-0.05, 0) is 58.1 Å². The van der Waals surface area contributed by atoms with Crippen LogP contribution in [0.5, 0.6) is 0 Å². The van der Waals surface area contributed by atoms with Crippen LogP contribution in [0.15, 0.2) is 27.3 Å². The molecule has 1 rings (SSSR count). The minimum atomic E-state index is -1.74. The van der Waals surface area contributed by atoms with Crippen molar-refractivity contribution in [1.82, 2.24) is 37.2 Å². The highest BCUT2D eigenvalue weighted by Crippen LogP contribution is 2.40. The Labute approximate surface area is 525 Å². The van der Waals surface area contributed by atoms with Gasteiger partial charge in [-0.1, -0.05) is 58.8 Å². The molecule has 30 nitrogen and oxygen atoms in total. The molecule has 0 aromatic rings. The van der Waals surface area contributed by atoms with Crippen molar-refractivity contribution in [1.29, 1.82) is 0 Å². The van der Waals surface area contributed by atoms with E-state index in [0.717, 1.165) is 18.8 Å². The molecular weight excluding hydrogens is 1190 g/mol. The minimum absolute atomic E-state index is 0.00263. The number of Topliss-reactive ketones (excluding diaryl/α,β-unsaturated/α-hetero) is 2. The number of unbranched alkanes of at least 4 members (excludes halogenated alkanes) is 8. The molecule has 0 saturated carbocycles. The number of aliphatic hydroxyl groups is 1. The van der Waals surface area contributed by atoms with Gasteiger partial charge in [0.25, 0.3) is 0 Å². The second-order valence-electron chi connectivity index (χ2n) is 21.6. The molecule has 15 N–H and O–H groups in total. The Morgan fingerprint density at radius 3 is 1.75 bits per heavy atom. The van der Waals surface area contributed by atoms with Crippen molar-refractivity contribution in [2.75, 3.05) is 97.9 Å². The van der Waals surface area contributed by atoms with E-state index in [9.17, 15) is 67.7 Å². The second-order valence-corrected chi connectivity index (χ2v) is 22.0. The van der Waals surface area contributed by atoms with Crippen LogP contribution in [0.1, 0.15) is 143 Å². The molecule has 0 aromatic carbocycles. The maximum atomic E-state index is 13.7. The number of aliphatic carboxylic acids is 1. The molecule has 31 heteroatoms. The van der Waals surface area contributed by atoms with Gasteiger partial charge < -0.3 is 88.3 Å². The number of amides is 8. The van der Waals surface area contributed by atoms with E-state index < -0.39 is 109 Å².